The van der Waals surface area contributed by atoms with Gasteiger partial charge in [-0.25, -0.2) is 22.3 Å². The van der Waals surface area contributed by atoms with Crippen LogP contribution >= 0.6 is 0 Å². The summed E-state index contributed by atoms with van der Waals surface area (Å²) in [4.78, 5) is 12.5. The largest absolute Gasteiger partial charge is 0.393 e. The number of sulfonamides is 1. The molecule has 9 heteroatoms. The zero-order chi connectivity index (χ0) is 30.6. The van der Waals surface area contributed by atoms with Gasteiger partial charge >= 0.3 is 6.03 Å². The fraction of sp³-hybridized carbons (Fsp3) is 0.788. The number of nitrogens with one attached hydrogen (secondary N) is 2. The van der Waals surface area contributed by atoms with Crippen LogP contribution in [0.15, 0.2) is 29.2 Å². The van der Waals surface area contributed by atoms with Gasteiger partial charge in [-0.3, -0.25) is 0 Å². The smallest absolute Gasteiger partial charge is 0.328 e. The number of urea groups is 1. The predicted octanol–water partition coefficient (Wildman–Crippen LogP) is 5.58. The molecule has 4 aliphatic carbocycles. The van der Waals surface area contributed by atoms with E-state index in [1.165, 1.54) is 12.1 Å². The third-order valence-corrected chi connectivity index (χ3v) is 13.9. The molecule has 1 aromatic rings. The van der Waals surface area contributed by atoms with Crippen molar-refractivity contribution in [3.05, 3.63) is 29.8 Å². The lowest BCUT2D eigenvalue weighted by Gasteiger charge is -2.65. The minimum absolute atomic E-state index is 0.0546. The van der Waals surface area contributed by atoms with E-state index in [4.69, 9.17) is 0 Å². The number of alkyl halides is 1. The van der Waals surface area contributed by atoms with Gasteiger partial charge in [0.05, 0.1) is 17.1 Å². The van der Waals surface area contributed by atoms with E-state index >= 15 is 4.39 Å². The number of hydrogen-bond acceptors (Lipinski definition) is 5. The molecule has 0 aliphatic heterocycles. The molecule has 42 heavy (non-hydrogen) atoms. The van der Waals surface area contributed by atoms with Crippen molar-refractivity contribution in [2.45, 2.75) is 109 Å². The maximum atomic E-state index is 15.6. The Bertz CT molecular complexity index is 1240. The number of amides is 2. The molecule has 0 radical (unpaired) electrons. The molecule has 5 rings (SSSR count). The first-order valence-electron chi connectivity index (χ1n) is 16.1. The molecule has 4 N–H and O–H groups in total. The first-order chi connectivity index (χ1) is 19.7. The van der Waals surface area contributed by atoms with Gasteiger partial charge in [0, 0.05) is 12.5 Å². The number of halogens is 1. The second-order valence-corrected chi connectivity index (χ2v) is 16.3. The van der Waals surface area contributed by atoms with Gasteiger partial charge in [0.2, 0.25) is 0 Å². The lowest BCUT2D eigenvalue weighted by atomic mass is 9.41. The van der Waals surface area contributed by atoms with Crippen molar-refractivity contribution in [3.8, 4) is 0 Å². The van der Waals surface area contributed by atoms with E-state index in [1.807, 2.05) is 6.92 Å². The third-order valence-electron chi connectivity index (χ3n) is 12.6. The van der Waals surface area contributed by atoms with Gasteiger partial charge in [0.1, 0.15) is 6.17 Å². The molecule has 0 saturated heterocycles. The number of aliphatic hydroxyl groups is 2. The molecule has 0 heterocycles. The molecule has 4 fully saturated rings. The van der Waals surface area contributed by atoms with Gasteiger partial charge in [0.25, 0.3) is 10.0 Å². The third kappa shape index (κ3) is 5.29. The number of rotatable bonds is 7. The molecule has 236 valence electrons. The van der Waals surface area contributed by atoms with Crippen molar-refractivity contribution in [3.63, 3.8) is 0 Å². The summed E-state index contributed by atoms with van der Waals surface area (Å²) in [6.45, 7) is 11.2. The molecule has 0 bridgehead atoms. The second kappa shape index (κ2) is 11.7. The fourth-order valence-corrected chi connectivity index (χ4v) is 11.4. The maximum Gasteiger partial charge on any atom is 0.328 e. The zero-order valence-corrected chi connectivity index (χ0v) is 26.7. The number of aryl methyl sites for hydroxylation is 1. The number of carbonyl (C=O) groups is 1. The Hall–Kier alpha value is -1.71. The summed E-state index contributed by atoms with van der Waals surface area (Å²) in [6.07, 6.45) is 4.15. The minimum Gasteiger partial charge on any atom is -0.393 e. The van der Waals surface area contributed by atoms with Crippen LogP contribution < -0.4 is 10.0 Å². The average Bonchev–Trinajstić information content (AvgIpc) is 3.29. The van der Waals surface area contributed by atoms with Crippen molar-refractivity contribution < 1.29 is 27.8 Å². The molecule has 4 unspecified atom stereocenters. The Morgan fingerprint density at radius 3 is 2.36 bits per heavy atom. The van der Waals surface area contributed by atoms with Crippen LogP contribution in [-0.4, -0.2) is 49.6 Å². The average molecular weight is 607 g/mol. The second-order valence-electron chi connectivity index (χ2n) is 14.6. The molecule has 1 aromatic carbocycles. The van der Waals surface area contributed by atoms with E-state index in [0.717, 1.165) is 44.1 Å². The SMILES string of the molecule is CC[C@@H]1[C@@H]2[C@@H](F)[C@H](O)CC[C@]2(C)C2CC[C@@]3(C)C(CCC3[C@H](C)CCNC(=O)NS(=O)(=O)c3ccc(C)cc3)C2[C@@H]1O. The quantitative estimate of drug-likeness (QED) is 0.323. The van der Waals surface area contributed by atoms with Crippen LogP contribution in [-0.2, 0) is 10.0 Å². The van der Waals surface area contributed by atoms with Crippen LogP contribution in [0.3, 0.4) is 0 Å². The number of aliphatic hydroxyl groups excluding tert-OH is 2. The summed E-state index contributed by atoms with van der Waals surface area (Å²) in [6, 6.07) is 5.64. The Morgan fingerprint density at radius 2 is 1.69 bits per heavy atom. The number of fused-ring (bicyclic) bond motifs is 5. The lowest BCUT2D eigenvalue weighted by molar-refractivity contribution is -0.222. The van der Waals surface area contributed by atoms with Crippen molar-refractivity contribution in [2.75, 3.05) is 6.54 Å². The van der Waals surface area contributed by atoms with Crippen molar-refractivity contribution in [1.29, 1.82) is 0 Å². The summed E-state index contributed by atoms with van der Waals surface area (Å²) < 4.78 is 42.8. The highest BCUT2D eigenvalue weighted by Crippen LogP contribution is 2.69. The molecule has 7 nitrogen and oxygen atoms in total. The molecule has 4 aliphatic rings. The molecule has 12 atom stereocenters. The first kappa shape index (κ1) is 31.7. The van der Waals surface area contributed by atoms with Gasteiger partial charge < -0.3 is 15.5 Å². The highest BCUT2D eigenvalue weighted by molar-refractivity contribution is 7.90. The lowest BCUT2D eigenvalue weighted by Crippen LogP contribution is -2.65. The van der Waals surface area contributed by atoms with Crippen LogP contribution in [0, 0.1) is 59.2 Å². The van der Waals surface area contributed by atoms with Crippen molar-refractivity contribution >= 4 is 16.1 Å². The zero-order valence-electron chi connectivity index (χ0n) is 25.9. The normalized spacial score (nSPS) is 42.1. The predicted molar refractivity (Wildman–Crippen MR) is 161 cm³/mol. The van der Waals surface area contributed by atoms with E-state index < -0.39 is 34.4 Å². The van der Waals surface area contributed by atoms with Gasteiger partial charge in [-0.1, -0.05) is 51.8 Å². The summed E-state index contributed by atoms with van der Waals surface area (Å²) >= 11 is 0. The molecule has 0 aromatic heterocycles. The van der Waals surface area contributed by atoms with Crippen LogP contribution in [0.5, 0.6) is 0 Å². The molecular weight excluding hydrogens is 555 g/mol. The molecule has 2 amide bonds. The topological polar surface area (TPSA) is 116 Å². The highest BCUT2D eigenvalue weighted by atomic mass is 32.2. The van der Waals surface area contributed by atoms with Gasteiger partial charge in [-0.2, -0.15) is 0 Å². The van der Waals surface area contributed by atoms with E-state index in [1.54, 1.807) is 12.1 Å². The van der Waals surface area contributed by atoms with E-state index in [0.29, 0.717) is 37.1 Å². The summed E-state index contributed by atoms with van der Waals surface area (Å²) in [5, 5.41) is 25.0. The monoisotopic (exact) mass is 606 g/mol. The van der Waals surface area contributed by atoms with Crippen LogP contribution in [0.1, 0.15) is 84.6 Å². The van der Waals surface area contributed by atoms with Crippen molar-refractivity contribution in [1.82, 2.24) is 10.0 Å². The standard InChI is InChI=1S/C33H51FN2O5S/c1-6-22-28-29(34)26(37)14-17-33(28,5)25-13-16-32(4)23(11-12-24(32)27(25)30(22)38)20(3)15-18-35-31(39)36-42(40,41)21-9-7-19(2)8-10-21/h7-10,20,22-30,37-38H,6,11-18H2,1-5H3,(H2,35,36,39)/t20-,22-,23?,24?,25?,26-,27?,28-,29+,30-,32-,33-/m1/s1. The minimum atomic E-state index is -3.93. The molecule has 0 spiro atoms. The van der Waals surface area contributed by atoms with Gasteiger partial charge in [-0.15, -0.1) is 0 Å². The molecule has 4 saturated carbocycles. The highest BCUT2D eigenvalue weighted by Gasteiger charge is 2.66. The first-order valence-corrected chi connectivity index (χ1v) is 17.6. The number of hydrogen-bond donors (Lipinski definition) is 4. The maximum absolute atomic E-state index is 15.6. The summed E-state index contributed by atoms with van der Waals surface area (Å²) in [5.74, 6) is 1.09. The summed E-state index contributed by atoms with van der Waals surface area (Å²) in [7, 11) is -3.93. The number of carbonyl (C=O) groups excluding carboxylic acids is 1. The Balaban J connectivity index is 1.23. The van der Waals surface area contributed by atoms with Gasteiger partial charge in [0.15, 0.2) is 0 Å². The Labute approximate surface area is 251 Å². The fourth-order valence-electron chi connectivity index (χ4n) is 10.5. The van der Waals surface area contributed by atoms with Crippen LogP contribution in [0.2, 0.25) is 0 Å². The Morgan fingerprint density at radius 1 is 1.05 bits per heavy atom. The van der Waals surface area contributed by atoms with Crippen LogP contribution in [0.4, 0.5) is 9.18 Å². The van der Waals surface area contributed by atoms with Gasteiger partial charge in [-0.05, 0) is 110 Å². The molecular formula is C33H51FN2O5S. The van der Waals surface area contributed by atoms with Crippen molar-refractivity contribution in [2.24, 2.45) is 52.3 Å². The Kier molecular flexibility index (Phi) is 8.80. The van der Waals surface area contributed by atoms with E-state index in [-0.39, 0.29) is 39.4 Å². The van der Waals surface area contributed by atoms with E-state index in [2.05, 4.69) is 37.7 Å². The van der Waals surface area contributed by atoms with Crippen LogP contribution in [0.25, 0.3) is 0 Å². The summed E-state index contributed by atoms with van der Waals surface area (Å²) in [5.41, 5.74) is 0.793. The number of benzene rings is 1. The van der Waals surface area contributed by atoms with E-state index in [9.17, 15) is 23.4 Å².